The minimum Gasteiger partial charge on any atom is -0.450 e. The lowest BCUT2D eigenvalue weighted by molar-refractivity contribution is -0.118. The molecule has 2 aliphatic heterocycles. The van der Waals surface area contributed by atoms with Gasteiger partial charge in [0.2, 0.25) is 15.9 Å². The van der Waals surface area contributed by atoms with Crippen LogP contribution in [0, 0.1) is 0 Å². The van der Waals surface area contributed by atoms with Gasteiger partial charge in [0.25, 0.3) is 0 Å². The Labute approximate surface area is 173 Å². The lowest BCUT2D eigenvalue weighted by atomic mass is 10.2. The Morgan fingerprint density at radius 2 is 1.79 bits per heavy atom. The summed E-state index contributed by atoms with van der Waals surface area (Å²) < 4.78 is 33.8. The number of halogens is 1. The first-order chi connectivity index (χ1) is 13.3. The van der Waals surface area contributed by atoms with E-state index in [4.69, 9.17) is 4.74 Å². The van der Waals surface area contributed by atoms with Crippen LogP contribution in [0.3, 0.4) is 0 Å². The minimum absolute atomic E-state index is 0.0929. The Kier molecular flexibility index (Phi) is 6.31. The van der Waals surface area contributed by atoms with Crippen LogP contribution in [0.15, 0.2) is 21.5 Å². The number of amides is 2. The molecule has 0 unspecified atom stereocenters. The molecule has 2 amide bonds. The molecule has 2 heterocycles. The van der Waals surface area contributed by atoms with Gasteiger partial charge >= 0.3 is 6.09 Å². The van der Waals surface area contributed by atoms with Crippen LogP contribution in [0.2, 0.25) is 0 Å². The van der Waals surface area contributed by atoms with E-state index in [2.05, 4.69) is 15.9 Å². The van der Waals surface area contributed by atoms with Gasteiger partial charge in [-0.15, -0.1) is 0 Å². The van der Waals surface area contributed by atoms with E-state index >= 15 is 0 Å². The molecule has 3 rings (SSSR count). The third kappa shape index (κ3) is 3.90. The molecule has 28 heavy (non-hydrogen) atoms. The number of fused-ring (bicyclic) bond motifs is 1. The Bertz CT molecular complexity index is 881. The first-order valence-electron chi connectivity index (χ1n) is 9.34. The van der Waals surface area contributed by atoms with Gasteiger partial charge < -0.3 is 14.5 Å². The molecule has 154 valence electrons. The first-order valence-corrected chi connectivity index (χ1v) is 11.6. The summed E-state index contributed by atoms with van der Waals surface area (Å²) in [5.41, 5.74) is 1.34. The molecule has 0 saturated carbocycles. The molecule has 1 fully saturated rings. The van der Waals surface area contributed by atoms with Crippen molar-refractivity contribution in [2.45, 2.75) is 31.6 Å². The summed E-state index contributed by atoms with van der Waals surface area (Å²) in [6.45, 7) is 5.17. The molecule has 0 N–H and O–H groups in total. The number of nitrogens with zero attached hydrogens (tertiary/aromatic N) is 3. The maximum atomic E-state index is 13.4. The van der Waals surface area contributed by atoms with Crippen molar-refractivity contribution < 1.29 is 22.7 Å². The number of carbonyl (C=O) groups excluding carboxylic acids is 2. The molecule has 1 aromatic carbocycles. The highest BCUT2D eigenvalue weighted by atomic mass is 79.9. The maximum Gasteiger partial charge on any atom is 0.409 e. The number of hydrogen-bond donors (Lipinski definition) is 0. The average Bonchev–Trinajstić information content (AvgIpc) is 3.10. The first kappa shape index (κ1) is 21.1. The Morgan fingerprint density at radius 3 is 2.39 bits per heavy atom. The third-order valence-corrected chi connectivity index (χ3v) is 7.35. The highest BCUT2D eigenvalue weighted by molar-refractivity contribution is 9.10. The van der Waals surface area contributed by atoms with Crippen LogP contribution < -0.4 is 4.90 Å². The molecular formula is C18H24BrN3O5S. The van der Waals surface area contributed by atoms with E-state index in [1.807, 2.05) is 6.07 Å². The zero-order chi connectivity index (χ0) is 20.5. The second-order valence-corrected chi connectivity index (χ2v) is 9.47. The van der Waals surface area contributed by atoms with Gasteiger partial charge in [-0.05, 0) is 31.0 Å². The molecule has 10 heteroatoms. The summed E-state index contributed by atoms with van der Waals surface area (Å²) >= 11 is 3.40. The zero-order valence-corrected chi connectivity index (χ0v) is 18.4. The number of rotatable bonds is 4. The summed E-state index contributed by atoms with van der Waals surface area (Å²) in [6, 6.07) is 3.43. The van der Waals surface area contributed by atoms with Crippen LogP contribution in [-0.2, 0) is 26.0 Å². The molecule has 0 radical (unpaired) electrons. The van der Waals surface area contributed by atoms with Crippen molar-refractivity contribution >= 4 is 43.6 Å². The van der Waals surface area contributed by atoms with Crippen molar-refractivity contribution in [2.75, 3.05) is 44.2 Å². The van der Waals surface area contributed by atoms with Crippen LogP contribution in [0.25, 0.3) is 0 Å². The number of ether oxygens (including phenoxy) is 1. The molecule has 0 aliphatic carbocycles. The number of piperazine rings is 1. The molecular weight excluding hydrogens is 450 g/mol. The largest absolute Gasteiger partial charge is 0.450 e. The molecule has 0 aromatic heterocycles. The van der Waals surface area contributed by atoms with Gasteiger partial charge in [-0.3, -0.25) is 4.79 Å². The van der Waals surface area contributed by atoms with E-state index in [0.29, 0.717) is 29.5 Å². The predicted molar refractivity (Wildman–Crippen MR) is 108 cm³/mol. The highest BCUT2D eigenvalue weighted by Crippen LogP contribution is 2.39. The van der Waals surface area contributed by atoms with Crippen LogP contribution in [-0.4, -0.2) is 69.0 Å². The van der Waals surface area contributed by atoms with Gasteiger partial charge in [0.1, 0.15) is 4.90 Å². The summed E-state index contributed by atoms with van der Waals surface area (Å²) in [7, 11) is -3.82. The van der Waals surface area contributed by atoms with Crippen molar-refractivity contribution in [3.05, 3.63) is 22.2 Å². The number of hydrogen-bond acceptors (Lipinski definition) is 5. The van der Waals surface area contributed by atoms with E-state index < -0.39 is 16.1 Å². The summed E-state index contributed by atoms with van der Waals surface area (Å²) in [5, 5.41) is 0. The summed E-state index contributed by atoms with van der Waals surface area (Å²) in [6.07, 6.45) is 0.509. The fourth-order valence-electron chi connectivity index (χ4n) is 3.57. The van der Waals surface area contributed by atoms with Gasteiger partial charge in [0.05, 0.1) is 12.3 Å². The van der Waals surface area contributed by atoms with E-state index in [1.165, 1.54) is 9.21 Å². The second kappa shape index (κ2) is 8.38. The minimum atomic E-state index is -3.82. The monoisotopic (exact) mass is 473 g/mol. The Morgan fingerprint density at radius 1 is 1.11 bits per heavy atom. The van der Waals surface area contributed by atoms with E-state index in [9.17, 15) is 18.0 Å². The topological polar surface area (TPSA) is 87.2 Å². The van der Waals surface area contributed by atoms with Crippen LogP contribution in [0.5, 0.6) is 0 Å². The average molecular weight is 474 g/mol. The van der Waals surface area contributed by atoms with E-state index in [-0.39, 0.29) is 43.6 Å². The van der Waals surface area contributed by atoms with Gasteiger partial charge in [0, 0.05) is 43.6 Å². The SMILES string of the molecule is CCOC(=O)N1CCN(S(=O)(=O)c2cc(Br)cc3c2N(C(=O)CC)CC3)CC1. The van der Waals surface area contributed by atoms with E-state index in [0.717, 1.165) is 5.56 Å². The lowest BCUT2D eigenvalue weighted by Crippen LogP contribution is -2.50. The fraction of sp³-hybridized carbons (Fsp3) is 0.556. The Hall–Kier alpha value is -1.65. The van der Waals surface area contributed by atoms with Crippen molar-refractivity contribution in [1.29, 1.82) is 0 Å². The van der Waals surface area contributed by atoms with Gasteiger partial charge in [-0.25, -0.2) is 13.2 Å². The molecule has 1 aromatic rings. The molecule has 1 saturated heterocycles. The molecule has 8 nitrogen and oxygen atoms in total. The Balaban J connectivity index is 1.90. The highest BCUT2D eigenvalue weighted by Gasteiger charge is 2.37. The smallest absolute Gasteiger partial charge is 0.409 e. The fourth-order valence-corrected chi connectivity index (χ4v) is 5.91. The normalized spacial score (nSPS) is 17.5. The van der Waals surface area contributed by atoms with Gasteiger partial charge in [-0.2, -0.15) is 4.31 Å². The molecule has 0 bridgehead atoms. The number of anilines is 1. The molecule has 0 spiro atoms. The van der Waals surface area contributed by atoms with Gasteiger partial charge in [0.15, 0.2) is 0 Å². The van der Waals surface area contributed by atoms with Crippen LogP contribution in [0.4, 0.5) is 10.5 Å². The second-order valence-electron chi connectivity index (χ2n) is 6.65. The summed E-state index contributed by atoms with van der Waals surface area (Å²) in [4.78, 5) is 27.4. The van der Waals surface area contributed by atoms with Crippen molar-refractivity contribution in [3.8, 4) is 0 Å². The standard InChI is InChI=1S/C18H24BrN3O5S/c1-3-16(23)22-6-5-13-11-14(19)12-15(17(13)22)28(25,26)21-9-7-20(8-10-21)18(24)27-4-2/h11-12H,3-10H2,1-2H3. The number of benzene rings is 1. The van der Waals surface area contributed by atoms with Gasteiger partial charge in [-0.1, -0.05) is 22.9 Å². The van der Waals surface area contributed by atoms with Crippen LogP contribution >= 0.6 is 15.9 Å². The predicted octanol–water partition coefficient (Wildman–Crippen LogP) is 2.21. The quantitative estimate of drug-likeness (QED) is 0.668. The van der Waals surface area contributed by atoms with Crippen molar-refractivity contribution in [1.82, 2.24) is 9.21 Å². The third-order valence-electron chi connectivity index (χ3n) is 4.98. The van der Waals surface area contributed by atoms with Crippen molar-refractivity contribution in [3.63, 3.8) is 0 Å². The maximum absolute atomic E-state index is 13.4. The summed E-state index contributed by atoms with van der Waals surface area (Å²) in [5.74, 6) is -0.0929. The van der Waals surface area contributed by atoms with Crippen LogP contribution in [0.1, 0.15) is 25.8 Å². The zero-order valence-electron chi connectivity index (χ0n) is 16.0. The van der Waals surface area contributed by atoms with E-state index in [1.54, 1.807) is 24.8 Å². The number of carbonyl (C=O) groups is 2. The molecule has 0 atom stereocenters. The lowest BCUT2D eigenvalue weighted by Gasteiger charge is -2.34. The number of sulfonamides is 1. The van der Waals surface area contributed by atoms with Crippen molar-refractivity contribution in [2.24, 2.45) is 0 Å². The molecule has 2 aliphatic rings.